The molecule has 1 saturated heterocycles. The third-order valence-corrected chi connectivity index (χ3v) is 2.64. The third-order valence-electron chi connectivity index (χ3n) is 2.64. The number of ether oxygens (including phenoxy) is 2. The SMILES string of the molecule is FC(F)Oc1ccc(NCC2CCCO2)cc1. The van der Waals surface area contributed by atoms with E-state index in [2.05, 4.69) is 10.1 Å². The summed E-state index contributed by atoms with van der Waals surface area (Å²) in [6, 6.07) is 6.47. The molecule has 0 aromatic heterocycles. The van der Waals surface area contributed by atoms with E-state index >= 15 is 0 Å². The highest BCUT2D eigenvalue weighted by Gasteiger charge is 2.14. The lowest BCUT2D eigenvalue weighted by molar-refractivity contribution is -0.0498. The maximum atomic E-state index is 11.9. The second-order valence-corrected chi connectivity index (χ2v) is 3.92. The van der Waals surface area contributed by atoms with Crippen LogP contribution in [0.5, 0.6) is 5.75 Å². The van der Waals surface area contributed by atoms with Gasteiger partial charge < -0.3 is 14.8 Å². The van der Waals surface area contributed by atoms with E-state index in [4.69, 9.17) is 4.74 Å². The van der Waals surface area contributed by atoms with Gasteiger partial charge in [-0.05, 0) is 37.1 Å². The van der Waals surface area contributed by atoms with E-state index < -0.39 is 6.61 Å². The lowest BCUT2D eigenvalue weighted by atomic mass is 10.2. The molecule has 0 radical (unpaired) electrons. The summed E-state index contributed by atoms with van der Waals surface area (Å²) in [6.45, 7) is -1.21. The monoisotopic (exact) mass is 243 g/mol. The summed E-state index contributed by atoms with van der Waals surface area (Å²) in [5, 5.41) is 3.20. The Labute approximate surface area is 98.7 Å². The van der Waals surface area contributed by atoms with Crippen molar-refractivity contribution in [2.24, 2.45) is 0 Å². The fraction of sp³-hybridized carbons (Fsp3) is 0.500. The molecule has 0 aliphatic carbocycles. The Hall–Kier alpha value is -1.36. The Bertz CT molecular complexity index is 337. The van der Waals surface area contributed by atoms with Crippen LogP contribution in [0.2, 0.25) is 0 Å². The molecule has 0 saturated carbocycles. The van der Waals surface area contributed by atoms with Crippen LogP contribution in [0.1, 0.15) is 12.8 Å². The van der Waals surface area contributed by atoms with Crippen LogP contribution in [0.3, 0.4) is 0 Å². The molecule has 3 nitrogen and oxygen atoms in total. The second kappa shape index (κ2) is 5.82. The zero-order valence-electron chi connectivity index (χ0n) is 9.36. The minimum absolute atomic E-state index is 0.169. The highest BCUT2D eigenvalue weighted by Crippen LogP contribution is 2.18. The summed E-state index contributed by atoms with van der Waals surface area (Å²) < 4.78 is 33.6. The number of benzene rings is 1. The van der Waals surface area contributed by atoms with Crippen LogP contribution < -0.4 is 10.1 Å². The van der Waals surface area contributed by atoms with Crippen LogP contribution in [-0.4, -0.2) is 25.9 Å². The number of anilines is 1. The summed E-state index contributed by atoms with van der Waals surface area (Å²) in [5.74, 6) is 0.169. The number of nitrogens with one attached hydrogen (secondary N) is 1. The topological polar surface area (TPSA) is 30.5 Å². The summed E-state index contributed by atoms with van der Waals surface area (Å²) in [5.41, 5.74) is 0.877. The quantitative estimate of drug-likeness (QED) is 0.862. The van der Waals surface area contributed by atoms with Crippen LogP contribution in [0.15, 0.2) is 24.3 Å². The lowest BCUT2D eigenvalue weighted by Gasteiger charge is -2.12. The molecule has 2 rings (SSSR count). The number of halogens is 2. The van der Waals surface area contributed by atoms with Crippen LogP contribution in [0.4, 0.5) is 14.5 Å². The Morgan fingerprint density at radius 1 is 1.35 bits per heavy atom. The predicted octanol–water partition coefficient (Wildman–Crippen LogP) is 2.88. The molecule has 1 aromatic rings. The number of hydrogen-bond donors (Lipinski definition) is 1. The molecular weight excluding hydrogens is 228 g/mol. The molecule has 1 atom stereocenters. The van der Waals surface area contributed by atoms with Gasteiger partial charge in [0.15, 0.2) is 0 Å². The molecule has 1 unspecified atom stereocenters. The van der Waals surface area contributed by atoms with Gasteiger partial charge in [0.25, 0.3) is 0 Å². The van der Waals surface area contributed by atoms with E-state index in [1.54, 1.807) is 12.1 Å². The van der Waals surface area contributed by atoms with Gasteiger partial charge in [0.2, 0.25) is 0 Å². The molecule has 5 heteroatoms. The van der Waals surface area contributed by atoms with Crippen molar-refractivity contribution in [1.82, 2.24) is 0 Å². The molecule has 1 N–H and O–H groups in total. The van der Waals surface area contributed by atoms with E-state index in [1.807, 2.05) is 0 Å². The third kappa shape index (κ3) is 3.85. The van der Waals surface area contributed by atoms with Crippen LogP contribution in [0, 0.1) is 0 Å². The first-order valence-corrected chi connectivity index (χ1v) is 5.64. The van der Waals surface area contributed by atoms with Gasteiger partial charge in [-0.3, -0.25) is 0 Å². The van der Waals surface area contributed by atoms with Gasteiger partial charge in [0, 0.05) is 18.8 Å². The Morgan fingerprint density at radius 3 is 2.71 bits per heavy atom. The zero-order chi connectivity index (χ0) is 12.1. The first kappa shape index (κ1) is 12.1. The van der Waals surface area contributed by atoms with E-state index in [9.17, 15) is 8.78 Å². The van der Waals surface area contributed by atoms with Crippen molar-refractivity contribution in [3.63, 3.8) is 0 Å². The molecule has 1 aliphatic heterocycles. The van der Waals surface area contributed by atoms with Crippen molar-refractivity contribution in [3.8, 4) is 5.75 Å². The Kier molecular flexibility index (Phi) is 4.14. The zero-order valence-corrected chi connectivity index (χ0v) is 9.36. The van der Waals surface area contributed by atoms with E-state index in [-0.39, 0.29) is 11.9 Å². The summed E-state index contributed by atoms with van der Waals surface area (Å²) in [4.78, 5) is 0. The number of hydrogen-bond acceptors (Lipinski definition) is 3. The normalized spacial score (nSPS) is 19.6. The van der Waals surface area contributed by atoms with Gasteiger partial charge in [-0.1, -0.05) is 0 Å². The van der Waals surface area contributed by atoms with Crippen molar-refractivity contribution < 1.29 is 18.3 Å². The maximum absolute atomic E-state index is 11.9. The lowest BCUT2D eigenvalue weighted by Crippen LogP contribution is -2.18. The number of rotatable bonds is 5. The van der Waals surface area contributed by atoms with E-state index in [1.165, 1.54) is 12.1 Å². The van der Waals surface area contributed by atoms with Crippen molar-refractivity contribution in [1.29, 1.82) is 0 Å². The predicted molar refractivity (Wildman–Crippen MR) is 60.5 cm³/mol. The fourth-order valence-electron chi connectivity index (χ4n) is 1.79. The second-order valence-electron chi connectivity index (χ2n) is 3.92. The van der Waals surface area contributed by atoms with Crippen molar-refractivity contribution in [2.75, 3.05) is 18.5 Å². The van der Waals surface area contributed by atoms with Gasteiger partial charge in [-0.15, -0.1) is 0 Å². The molecule has 1 fully saturated rings. The van der Waals surface area contributed by atoms with Gasteiger partial charge in [0.05, 0.1) is 6.10 Å². The van der Waals surface area contributed by atoms with Gasteiger partial charge in [-0.25, -0.2) is 0 Å². The molecule has 0 spiro atoms. The molecule has 17 heavy (non-hydrogen) atoms. The molecule has 1 aromatic carbocycles. The van der Waals surface area contributed by atoms with Crippen LogP contribution in [0.25, 0.3) is 0 Å². The first-order chi connectivity index (χ1) is 8.24. The molecule has 94 valence electrons. The minimum Gasteiger partial charge on any atom is -0.435 e. The average molecular weight is 243 g/mol. The van der Waals surface area contributed by atoms with Crippen molar-refractivity contribution in [3.05, 3.63) is 24.3 Å². The Morgan fingerprint density at radius 2 is 2.12 bits per heavy atom. The molecular formula is C12H15F2NO2. The highest BCUT2D eigenvalue weighted by molar-refractivity contribution is 5.46. The highest BCUT2D eigenvalue weighted by atomic mass is 19.3. The largest absolute Gasteiger partial charge is 0.435 e. The standard InChI is InChI=1S/C12H15F2NO2/c13-12(14)17-10-5-3-9(4-6-10)15-8-11-2-1-7-16-11/h3-6,11-12,15H,1-2,7-8H2. The van der Waals surface area contributed by atoms with Gasteiger partial charge in [0.1, 0.15) is 5.75 Å². The van der Waals surface area contributed by atoms with Crippen molar-refractivity contribution in [2.45, 2.75) is 25.6 Å². The summed E-state index contributed by atoms with van der Waals surface area (Å²) >= 11 is 0. The van der Waals surface area contributed by atoms with Crippen LogP contribution >= 0.6 is 0 Å². The fourth-order valence-corrected chi connectivity index (χ4v) is 1.79. The van der Waals surface area contributed by atoms with E-state index in [0.29, 0.717) is 0 Å². The summed E-state index contributed by atoms with van der Waals surface area (Å²) in [6.07, 6.45) is 2.43. The average Bonchev–Trinajstić information content (AvgIpc) is 2.80. The molecule has 0 bridgehead atoms. The van der Waals surface area contributed by atoms with Crippen LogP contribution in [-0.2, 0) is 4.74 Å². The molecule has 1 heterocycles. The molecule has 0 amide bonds. The van der Waals surface area contributed by atoms with Gasteiger partial charge >= 0.3 is 6.61 Å². The molecule has 1 aliphatic rings. The maximum Gasteiger partial charge on any atom is 0.387 e. The van der Waals surface area contributed by atoms with Crippen molar-refractivity contribution >= 4 is 5.69 Å². The first-order valence-electron chi connectivity index (χ1n) is 5.64. The van der Waals surface area contributed by atoms with Gasteiger partial charge in [-0.2, -0.15) is 8.78 Å². The Balaban J connectivity index is 1.80. The minimum atomic E-state index is -2.78. The smallest absolute Gasteiger partial charge is 0.387 e. The summed E-state index contributed by atoms with van der Waals surface area (Å²) in [7, 11) is 0. The van der Waals surface area contributed by atoms with E-state index in [0.717, 1.165) is 31.7 Å². The number of alkyl halides is 2.